The Bertz CT molecular complexity index is 901. The fourth-order valence-electron chi connectivity index (χ4n) is 3.19. The largest absolute Gasteiger partial charge is 0.399 e. The molecule has 0 bridgehead atoms. The van der Waals surface area contributed by atoms with Gasteiger partial charge in [0.05, 0.1) is 16.4 Å². The van der Waals surface area contributed by atoms with Crippen molar-refractivity contribution in [2.45, 2.75) is 33.4 Å². The van der Waals surface area contributed by atoms with Crippen LogP contribution in [0.2, 0.25) is 0 Å². The Morgan fingerprint density at radius 1 is 1.16 bits per heavy atom. The summed E-state index contributed by atoms with van der Waals surface area (Å²) in [5, 5.41) is 1.14. The number of benzene rings is 1. The van der Waals surface area contributed by atoms with E-state index in [0.717, 1.165) is 59.5 Å². The lowest BCUT2D eigenvalue weighted by molar-refractivity contribution is 0.243. The van der Waals surface area contributed by atoms with E-state index in [9.17, 15) is 0 Å². The number of hydrogen-bond donors (Lipinski definition) is 1. The van der Waals surface area contributed by atoms with Crippen molar-refractivity contribution in [1.82, 2.24) is 19.9 Å². The van der Waals surface area contributed by atoms with Gasteiger partial charge in [0.25, 0.3) is 0 Å². The van der Waals surface area contributed by atoms with Gasteiger partial charge in [0.2, 0.25) is 0 Å². The van der Waals surface area contributed by atoms with Crippen LogP contribution in [0.3, 0.4) is 0 Å². The SMILES string of the molecule is Cc1nc(C)c(CN2CCc3cnc(-c4ccc(N)cc4)nc3C2)s1. The molecule has 1 aliphatic heterocycles. The minimum Gasteiger partial charge on any atom is -0.399 e. The summed E-state index contributed by atoms with van der Waals surface area (Å²) in [6.07, 6.45) is 2.97. The smallest absolute Gasteiger partial charge is 0.159 e. The van der Waals surface area contributed by atoms with Crippen LogP contribution in [0.25, 0.3) is 11.4 Å². The molecule has 0 aliphatic carbocycles. The molecule has 0 unspecified atom stereocenters. The molecule has 4 rings (SSSR count). The lowest BCUT2D eigenvalue weighted by atomic mass is 10.1. The third-order valence-corrected chi connectivity index (χ3v) is 5.62. The van der Waals surface area contributed by atoms with Gasteiger partial charge in [0, 0.05) is 42.0 Å². The molecule has 25 heavy (non-hydrogen) atoms. The number of nitrogen functional groups attached to an aromatic ring is 1. The number of hydrogen-bond acceptors (Lipinski definition) is 6. The van der Waals surface area contributed by atoms with Crippen molar-refractivity contribution in [2.75, 3.05) is 12.3 Å². The van der Waals surface area contributed by atoms with Crippen LogP contribution in [0.15, 0.2) is 30.5 Å². The van der Waals surface area contributed by atoms with Crippen LogP contribution in [0.1, 0.15) is 26.8 Å². The van der Waals surface area contributed by atoms with Gasteiger partial charge in [-0.15, -0.1) is 11.3 Å². The highest BCUT2D eigenvalue weighted by Gasteiger charge is 2.20. The summed E-state index contributed by atoms with van der Waals surface area (Å²) in [4.78, 5) is 17.7. The Morgan fingerprint density at radius 3 is 2.68 bits per heavy atom. The summed E-state index contributed by atoms with van der Waals surface area (Å²) in [6, 6.07) is 7.72. The van der Waals surface area contributed by atoms with Crippen molar-refractivity contribution in [3.05, 3.63) is 57.3 Å². The van der Waals surface area contributed by atoms with E-state index in [0.29, 0.717) is 0 Å². The van der Waals surface area contributed by atoms with E-state index in [-0.39, 0.29) is 0 Å². The number of fused-ring (bicyclic) bond motifs is 1. The molecule has 5 nitrogen and oxygen atoms in total. The summed E-state index contributed by atoms with van der Waals surface area (Å²) in [5.74, 6) is 0.769. The monoisotopic (exact) mass is 351 g/mol. The standard InChI is InChI=1S/C19H21N5S/c1-12-18(25-13(2)22-12)11-24-8-7-15-9-21-19(23-17(15)10-24)14-3-5-16(20)6-4-14/h3-6,9H,7-8,10-11,20H2,1-2H3. The lowest BCUT2D eigenvalue weighted by Gasteiger charge is -2.27. The van der Waals surface area contributed by atoms with Crippen LogP contribution in [-0.4, -0.2) is 26.4 Å². The van der Waals surface area contributed by atoms with Crippen LogP contribution in [-0.2, 0) is 19.5 Å². The van der Waals surface area contributed by atoms with Gasteiger partial charge in [-0.1, -0.05) is 0 Å². The molecule has 0 radical (unpaired) electrons. The zero-order valence-corrected chi connectivity index (χ0v) is 15.3. The number of aryl methyl sites for hydroxylation is 2. The molecule has 0 spiro atoms. The summed E-state index contributed by atoms with van der Waals surface area (Å²) in [6.45, 7) is 7.00. The second kappa shape index (κ2) is 6.54. The average molecular weight is 351 g/mol. The van der Waals surface area contributed by atoms with Crippen LogP contribution in [0.5, 0.6) is 0 Å². The number of thiazole rings is 1. The van der Waals surface area contributed by atoms with Gasteiger partial charge >= 0.3 is 0 Å². The molecule has 128 valence electrons. The molecule has 0 saturated carbocycles. The van der Waals surface area contributed by atoms with Gasteiger partial charge in [-0.25, -0.2) is 15.0 Å². The van der Waals surface area contributed by atoms with E-state index < -0.39 is 0 Å². The Balaban J connectivity index is 1.56. The second-order valence-corrected chi connectivity index (χ2v) is 7.78. The number of aromatic nitrogens is 3. The summed E-state index contributed by atoms with van der Waals surface area (Å²) >= 11 is 1.79. The van der Waals surface area contributed by atoms with Crippen molar-refractivity contribution < 1.29 is 0 Å². The van der Waals surface area contributed by atoms with Crippen molar-refractivity contribution in [1.29, 1.82) is 0 Å². The molecule has 0 fully saturated rings. The van der Waals surface area contributed by atoms with Gasteiger partial charge in [-0.3, -0.25) is 4.90 Å². The van der Waals surface area contributed by atoms with Crippen molar-refractivity contribution in [3.63, 3.8) is 0 Å². The fourth-order valence-corrected chi connectivity index (χ4v) is 4.17. The van der Waals surface area contributed by atoms with E-state index in [1.54, 1.807) is 11.3 Å². The van der Waals surface area contributed by atoms with E-state index in [1.165, 1.54) is 10.4 Å². The Morgan fingerprint density at radius 2 is 1.96 bits per heavy atom. The van der Waals surface area contributed by atoms with E-state index in [1.807, 2.05) is 30.5 Å². The molecular formula is C19H21N5S. The first-order valence-electron chi connectivity index (χ1n) is 8.44. The molecule has 6 heteroatoms. The maximum Gasteiger partial charge on any atom is 0.159 e. The quantitative estimate of drug-likeness (QED) is 0.733. The summed E-state index contributed by atoms with van der Waals surface area (Å²) in [7, 11) is 0. The van der Waals surface area contributed by atoms with E-state index in [4.69, 9.17) is 10.7 Å². The topological polar surface area (TPSA) is 67.9 Å². The lowest BCUT2D eigenvalue weighted by Crippen LogP contribution is -2.31. The zero-order valence-electron chi connectivity index (χ0n) is 14.5. The second-order valence-electron chi connectivity index (χ2n) is 6.49. The Labute approximate surface area is 151 Å². The van der Waals surface area contributed by atoms with Crippen molar-refractivity contribution in [2.24, 2.45) is 0 Å². The number of rotatable bonds is 3. The molecule has 2 aromatic heterocycles. The molecule has 0 amide bonds. The highest BCUT2D eigenvalue weighted by molar-refractivity contribution is 7.11. The third-order valence-electron chi connectivity index (χ3n) is 4.56. The molecule has 3 heterocycles. The van der Waals surface area contributed by atoms with E-state index in [2.05, 4.69) is 28.7 Å². The van der Waals surface area contributed by atoms with Crippen LogP contribution < -0.4 is 5.73 Å². The van der Waals surface area contributed by atoms with Gasteiger partial charge in [-0.2, -0.15) is 0 Å². The number of nitrogens with zero attached hydrogens (tertiary/aromatic N) is 4. The molecule has 0 atom stereocenters. The van der Waals surface area contributed by atoms with Gasteiger partial charge in [0.15, 0.2) is 5.82 Å². The maximum absolute atomic E-state index is 5.77. The zero-order chi connectivity index (χ0) is 17.4. The minimum absolute atomic E-state index is 0.753. The highest BCUT2D eigenvalue weighted by atomic mass is 32.1. The predicted molar refractivity (Wildman–Crippen MR) is 101 cm³/mol. The summed E-state index contributed by atoms with van der Waals surface area (Å²) in [5.41, 5.74) is 11.1. The predicted octanol–water partition coefficient (Wildman–Crippen LogP) is 3.36. The van der Waals surface area contributed by atoms with Crippen LogP contribution in [0, 0.1) is 13.8 Å². The van der Waals surface area contributed by atoms with Gasteiger partial charge in [0.1, 0.15) is 0 Å². The molecule has 1 aliphatic rings. The molecule has 3 aromatic rings. The first-order valence-corrected chi connectivity index (χ1v) is 9.26. The molecule has 0 saturated heterocycles. The van der Waals surface area contributed by atoms with Crippen molar-refractivity contribution >= 4 is 17.0 Å². The van der Waals surface area contributed by atoms with Crippen molar-refractivity contribution in [3.8, 4) is 11.4 Å². The normalized spacial score (nSPS) is 14.5. The van der Waals surface area contributed by atoms with Crippen LogP contribution >= 0.6 is 11.3 Å². The highest BCUT2D eigenvalue weighted by Crippen LogP contribution is 2.25. The van der Waals surface area contributed by atoms with Crippen LogP contribution in [0.4, 0.5) is 5.69 Å². The number of anilines is 1. The number of nitrogens with two attached hydrogens (primary N) is 1. The Kier molecular flexibility index (Phi) is 4.23. The minimum atomic E-state index is 0.753. The molecule has 1 aromatic carbocycles. The van der Waals surface area contributed by atoms with Gasteiger partial charge < -0.3 is 5.73 Å². The fraction of sp³-hybridized carbons (Fsp3) is 0.316. The maximum atomic E-state index is 5.77. The third kappa shape index (κ3) is 3.41. The van der Waals surface area contributed by atoms with Gasteiger partial charge in [-0.05, 0) is 50.1 Å². The first-order chi connectivity index (χ1) is 12.1. The summed E-state index contributed by atoms with van der Waals surface area (Å²) < 4.78 is 0. The van der Waals surface area contributed by atoms with E-state index >= 15 is 0 Å². The molecular weight excluding hydrogens is 330 g/mol. The Hall–Kier alpha value is -2.31. The molecule has 2 N–H and O–H groups in total. The first kappa shape index (κ1) is 16.2. The average Bonchev–Trinajstić information content (AvgIpc) is 2.92.